The molecule has 0 fully saturated rings. The van der Waals surface area contributed by atoms with Gasteiger partial charge in [-0.1, -0.05) is 42.3 Å². The number of carbonyl (C=O) groups is 1. The average molecular weight is 260 g/mol. The maximum atomic E-state index is 11.6. The smallest absolute Gasteiger partial charge is 0.339 e. The second kappa shape index (κ2) is 7.46. The number of esters is 1. The van der Waals surface area contributed by atoms with Crippen LogP contribution in [0.1, 0.15) is 15.9 Å². The minimum Gasteiger partial charge on any atom is -0.449 e. The molecule has 0 bridgehead atoms. The van der Waals surface area contributed by atoms with Gasteiger partial charge in [-0.3, -0.25) is 0 Å². The molecule has 96 valence electrons. The summed E-state index contributed by atoms with van der Waals surface area (Å²) in [4.78, 5) is 11.6. The lowest BCUT2D eigenvalue weighted by atomic mass is 10.2. The summed E-state index contributed by atoms with van der Waals surface area (Å²) in [5.41, 5.74) is 1.42. The molecule has 0 atom stereocenters. The molecule has 2 nitrogen and oxygen atoms in total. The second-order valence-corrected chi connectivity index (χ2v) is 3.86. The highest BCUT2D eigenvalue weighted by atomic mass is 16.5. The second-order valence-electron chi connectivity index (χ2n) is 3.86. The molecule has 0 N–H and O–H groups in total. The van der Waals surface area contributed by atoms with Gasteiger partial charge in [0.25, 0.3) is 0 Å². The minimum atomic E-state index is -0.379. The highest BCUT2D eigenvalue weighted by Gasteiger charge is 2.03. The molecular weight excluding hydrogens is 248 g/mol. The highest BCUT2D eigenvalue weighted by Crippen LogP contribution is 2.00. The van der Waals surface area contributed by atoms with Gasteiger partial charge in [-0.05, 0) is 42.0 Å². The van der Waals surface area contributed by atoms with Crippen molar-refractivity contribution in [1.82, 2.24) is 0 Å². The summed E-state index contributed by atoms with van der Waals surface area (Å²) in [7, 11) is 0. The summed E-state index contributed by atoms with van der Waals surface area (Å²) in [6, 6.07) is 18.4. The number of rotatable bonds is 2. The van der Waals surface area contributed by atoms with Gasteiger partial charge in [-0.25, -0.2) is 4.79 Å². The van der Waals surface area contributed by atoms with Crippen molar-refractivity contribution in [2.45, 2.75) is 0 Å². The van der Waals surface area contributed by atoms with E-state index in [0.29, 0.717) is 5.56 Å². The number of benzene rings is 2. The molecule has 0 spiro atoms. The summed E-state index contributed by atoms with van der Waals surface area (Å²) in [5.74, 6) is 10.6. The lowest BCUT2D eigenvalue weighted by Gasteiger charge is -1.99. The number of hydrogen-bond donors (Lipinski definition) is 0. The van der Waals surface area contributed by atoms with Crippen LogP contribution >= 0.6 is 0 Å². The normalized spacial score (nSPS) is 8.60. The molecule has 0 aliphatic rings. The van der Waals surface area contributed by atoms with Gasteiger partial charge in [-0.2, -0.15) is 0 Å². The molecule has 0 aliphatic carbocycles. The SMILES string of the molecule is O=C(OCC#CC#Cc1ccccc1)c1ccccc1. The van der Waals surface area contributed by atoms with Crippen LogP contribution in [0.2, 0.25) is 0 Å². The standard InChI is InChI=1S/C18H12O2/c19-18(17-13-7-2-8-14-17)20-15-9-3-6-12-16-10-4-1-5-11-16/h1-2,4-5,7-8,10-11,13-14H,15H2. The Bertz CT molecular complexity index is 680. The Morgan fingerprint density at radius 1 is 0.900 bits per heavy atom. The van der Waals surface area contributed by atoms with Crippen LogP contribution in [0.3, 0.4) is 0 Å². The van der Waals surface area contributed by atoms with Crippen molar-refractivity contribution >= 4 is 5.97 Å². The van der Waals surface area contributed by atoms with Crippen LogP contribution in [0.5, 0.6) is 0 Å². The van der Waals surface area contributed by atoms with E-state index in [1.165, 1.54) is 0 Å². The molecule has 0 saturated heterocycles. The van der Waals surface area contributed by atoms with Crippen LogP contribution in [-0.4, -0.2) is 12.6 Å². The van der Waals surface area contributed by atoms with Crippen molar-refractivity contribution in [2.75, 3.05) is 6.61 Å². The molecule has 0 amide bonds. The summed E-state index contributed by atoms with van der Waals surface area (Å²) in [6.45, 7) is 0.0389. The zero-order valence-electron chi connectivity index (χ0n) is 10.8. The third-order valence-electron chi connectivity index (χ3n) is 2.42. The minimum absolute atomic E-state index is 0.0389. The van der Waals surface area contributed by atoms with E-state index in [4.69, 9.17) is 4.74 Å². The molecule has 2 aromatic rings. The van der Waals surface area contributed by atoms with E-state index in [1.807, 2.05) is 36.4 Å². The maximum absolute atomic E-state index is 11.6. The fourth-order valence-corrected chi connectivity index (χ4v) is 1.46. The van der Waals surface area contributed by atoms with Crippen LogP contribution in [0.25, 0.3) is 0 Å². The lowest BCUT2D eigenvalue weighted by Crippen LogP contribution is -2.04. The quantitative estimate of drug-likeness (QED) is 0.613. The van der Waals surface area contributed by atoms with Gasteiger partial charge in [0.2, 0.25) is 0 Å². The van der Waals surface area contributed by atoms with E-state index in [2.05, 4.69) is 23.7 Å². The van der Waals surface area contributed by atoms with E-state index in [0.717, 1.165) is 5.56 Å². The van der Waals surface area contributed by atoms with E-state index in [1.54, 1.807) is 24.3 Å². The van der Waals surface area contributed by atoms with Gasteiger partial charge < -0.3 is 4.74 Å². The maximum Gasteiger partial charge on any atom is 0.339 e. The third kappa shape index (κ3) is 4.37. The Morgan fingerprint density at radius 3 is 2.25 bits per heavy atom. The molecule has 0 aromatic heterocycles. The largest absolute Gasteiger partial charge is 0.449 e. The fourth-order valence-electron chi connectivity index (χ4n) is 1.46. The highest BCUT2D eigenvalue weighted by molar-refractivity contribution is 5.89. The Balaban J connectivity index is 1.82. The Kier molecular flexibility index (Phi) is 5.02. The molecular formula is C18H12O2. The summed E-state index contributed by atoms with van der Waals surface area (Å²) in [6.07, 6.45) is 0. The molecule has 0 radical (unpaired) electrons. The first-order valence-corrected chi connectivity index (χ1v) is 6.12. The van der Waals surface area contributed by atoms with Crippen molar-refractivity contribution in [3.05, 3.63) is 71.8 Å². The molecule has 2 aromatic carbocycles. The first-order valence-electron chi connectivity index (χ1n) is 6.12. The van der Waals surface area contributed by atoms with E-state index < -0.39 is 0 Å². The van der Waals surface area contributed by atoms with Crippen molar-refractivity contribution in [1.29, 1.82) is 0 Å². The predicted molar refractivity (Wildman–Crippen MR) is 77.8 cm³/mol. The molecule has 0 heterocycles. The van der Waals surface area contributed by atoms with E-state index in [-0.39, 0.29) is 12.6 Å². The van der Waals surface area contributed by atoms with Gasteiger partial charge in [0.05, 0.1) is 5.56 Å². The molecule has 0 saturated carbocycles. The van der Waals surface area contributed by atoms with Gasteiger partial charge in [0, 0.05) is 5.56 Å². The Morgan fingerprint density at radius 2 is 1.55 bits per heavy atom. The van der Waals surface area contributed by atoms with Gasteiger partial charge in [0.15, 0.2) is 6.61 Å². The van der Waals surface area contributed by atoms with Crippen LogP contribution < -0.4 is 0 Å². The molecule has 20 heavy (non-hydrogen) atoms. The topological polar surface area (TPSA) is 26.3 Å². The summed E-state index contributed by atoms with van der Waals surface area (Å²) in [5, 5.41) is 0. The number of ether oxygens (including phenoxy) is 1. The van der Waals surface area contributed by atoms with Gasteiger partial charge in [0.1, 0.15) is 0 Å². The average Bonchev–Trinajstić information content (AvgIpc) is 2.52. The van der Waals surface area contributed by atoms with Crippen molar-refractivity contribution in [2.24, 2.45) is 0 Å². The van der Waals surface area contributed by atoms with Crippen LogP contribution in [0.15, 0.2) is 60.7 Å². The monoisotopic (exact) mass is 260 g/mol. The molecule has 2 rings (SSSR count). The zero-order valence-corrected chi connectivity index (χ0v) is 10.8. The first kappa shape index (κ1) is 13.5. The van der Waals surface area contributed by atoms with E-state index >= 15 is 0 Å². The number of hydrogen-bond acceptors (Lipinski definition) is 2. The van der Waals surface area contributed by atoms with Crippen LogP contribution in [-0.2, 0) is 4.74 Å². The molecule has 0 unspecified atom stereocenters. The molecule has 0 aliphatic heterocycles. The fraction of sp³-hybridized carbons (Fsp3) is 0.0556. The molecule has 2 heteroatoms. The van der Waals surface area contributed by atoms with Crippen molar-refractivity contribution in [3.8, 4) is 23.7 Å². The number of carbonyl (C=O) groups excluding carboxylic acids is 1. The van der Waals surface area contributed by atoms with Gasteiger partial charge in [-0.15, -0.1) is 0 Å². The summed E-state index contributed by atoms with van der Waals surface area (Å²) < 4.78 is 5.00. The zero-order chi connectivity index (χ0) is 14.0. The first-order chi connectivity index (χ1) is 9.86. The third-order valence-corrected chi connectivity index (χ3v) is 2.42. The lowest BCUT2D eigenvalue weighted by molar-refractivity contribution is 0.0556. The van der Waals surface area contributed by atoms with Gasteiger partial charge >= 0.3 is 5.97 Å². The van der Waals surface area contributed by atoms with Crippen molar-refractivity contribution < 1.29 is 9.53 Å². The Hall–Kier alpha value is -2.97. The summed E-state index contributed by atoms with van der Waals surface area (Å²) >= 11 is 0. The van der Waals surface area contributed by atoms with E-state index in [9.17, 15) is 4.79 Å². The van der Waals surface area contributed by atoms with Crippen LogP contribution in [0.4, 0.5) is 0 Å². The predicted octanol–water partition coefficient (Wildman–Crippen LogP) is 2.90. The van der Waals surface area contributed by atoms with Crippen LogP contribution in [0, 0.1) is 23.7 Å². The Labute approximate surface area is 118 Å². The van der Waals surface area contributed by atoms with Crippen molar-refractivity contribution in [3.63, 3.8) is 0 Å².